The highest BCUT2D eigenvalue weighted by Gasteiger charge is 2.43. The van der Waals surface area contributed by atoms with Gasteiger partial charge in [0.1, 0.15) is 0 Å². The number of aromatic nitrogens is 2. The molecule has 1 N–H and O–H groups in total. The quantitative estimate of drug-likeness (QED) is 0.248. The number of hydrogen-bond acceptors (Lipinski definition) is 2. The van der Waals surface area contributed by atoms with E-state index in [1.165, 1.54) is 12.1 Å². The minimum absolute atomic E-state index is 0.102. The summed E-state index contributed by atoms with van der Waals surface area (Å²) < 4.78 is 44.5. The minimum Gasteiger partial charge on any atom is -0.351 e. The van der Waals surface area contributed by atoms with Crippen LogP contribution >= 0.6 is 28.1 Å². The van der Waals surface area contributed by atoms with Crippen LogP contribution in [0.2, 0.25) is 0 Å². The molecule has 2 atom stereocenters. The monoisotopic (exact) mass is 584 g/mol. The average Bonchev–Trinajstić information content (AvgIpc) is 3.36. The molecule has 2 aromatic carbocycles. The highest BCUT2D eigenvalue weighted by molar-refractivity contribution is 9.10. The van der Waals surface area contributed by atoms with Crippen LogP contribution in [0, 0.1) is 20.8 Å². The van der Waals surface area contributed by atoms with Gasteiger partial charge < -0.3 is 14.8 Å². The van der Waals surface area contributed by atoms with Crippen molar-refractivity contribution in [2.24, 2.45) is 0 Å². The third-order valence-corrected chi connectivity index (χ3v) is 7.96. The first-order valence-electron chi connectivity index (χ1n) is 11.7. The first-order valence-corrected chi connectivity index (χ1v) is 12.9. The molecule has 0 aliphatic carbocycles. The lowest BCUT2D eigenvalue weighted by Gasteiger charge is -2.28. The number of halogens is 4. The van der Waals surface area contributed by atoms with Crippen LogP contribution in [0.15, 0.2) is 77.4 Å². The Morgan fingerprint density at radius 1 is 0.973 bits per heavy atom. The van der Waals surface area contributed by atoms with Crippen LogP contribution in [0.4, 0.5) is 18.9 Å². The van der Waals surface area contributed by atoms with E-state index in [9.17, 15) is 13.2 Å². The summed E-state index contributed by atoms with van der Waals surface area (Å²) in [6.07, 6.45) is -2.75. The van der Waals surface area contributed by atoms with Crippen LogP contribution in [0.25, 0.3) is 5.69 Å². The number of nitrogens with one attached hydrogen (secondary N) is 1. The SMILES string of the molecule is Cc1cc(N2C(=S)NC(c3ccccn3)C2c2cc(C)n(-c3ccccc3C(F)(F)F)c2C)ccc1Br. The number of rotatable bonds is 4. The molecule has 9 heteroatoms. The van der Waals surface area contributed by atoms with Crippen molar-refractivity contribution in [3.8, 4) is 5.69 Å². The topological polar surface area (TPSA) is 33.1 Å². The fourth-order valence-electron chi connectivity index (χ4n) is 5.09. The third kappa shape index (κ3) is 4.55. The molecule has 1 saturated heterocycles. The van der Waals surface area contributed by atoms with Gasteiger partial charge in [0.2, 0.25) is 0 Å². The molecule has 3 heterocycles. The Morgan fingerprint density at radius 2 is 1.70 bits per heavy atom. The summed E-state index contributed by atoms with van der Waals surface area (Å²) >= 11 is 9.38. The van der Waals surface area contributed by atoms with Gasteiger partial charge in [-0.3, -0.25) is 4.98 Å². The van der Waals surface area contributed by atoms with Gasteiger partial charge in [-0.1, -0.05) is 34.1 Å². The van der Waals surface area contributed by atoms with Crippen molar-refractivity contribution in [1.82, 2.24) is 14.9 Å². The molecule has 0 spiro atoms. The number of pyridine rings is 1. The van der Waals surface area contributed by atoms with E-state index < -0.39 is 11.7 Å². The number of hydrogen-bond donors (Lipinski definition) is 1. The maximum atomic E-state index is 13.9. The van der Waals surface area contributed by atoms with Crippen LogP contribution < -0.4 is 10.2 Å². The maximum Gasteiger partial charge on any atom is 0.418 e. The predicted molar refractivity (Wildman–Crippen MR) is 147 cm³/mol. The summed E-state index contributed by atoms with van der Waals surface area (Å²) in [4.78, 5) is 6.62. The molecule has 2 aromatic heterocycles. The lowest BCUT2D eigenvalue weighted by Crippen LogP contribution is -2.29. The second-order valence-corrected chi connectivity index (χ2v) is 10.3. The second-order valence-electron chi connectivity index (χ2n) is 9.11. The van der Waals surface area contributed by atoms with E-state index >= 15 is 0 Å². The van der Waals surface area contributed by atoms with E-state index in [0.29, 0.717) is 16.5 Å². The zero-order chi connectivity index (χ0) is 26.5. The molecule has 37 heavy (non-hydrogen) atoms. The molecule has 1 aliphatic rings. The van der Waals surface area contributed by atoms with Crippen molar-refractivity contribution in [2.45, 2.75) is 39.0 Å². The Morgan fingerprint density at radius 3 is 2.38 bits per heavy atom. The maximum absolute atomic E-state index is 13.9. The van der Waals surface area contributed by atoms with Crippen molar-refractivity contribution in [3.05, 3.63) is 111 Å². The number of aryl methyl sites for hydroxylation is 2. The predicted octanol–water partition coefficient (Wildman–Crippen LogP) is 7.76. The average molecular weight is 585 g/mol. The van der Waals surface area contributed by atoms with Crippen LogP contribution in [0.5, 0.6) is 0 Å². The van der Waals surface area contributed by atoms with Crippen LogP contribution in [0.3, 0.4) is 0 Å². The van der Waals surface area contributed by atoms with Crippen molar-refractivity contribution in [2.75, 3.05) is 4.90 Å². The molecule has 4 aromatic rings. The molecule has 0 bridgehead atoms. The molecule has 2 unspecified atom stereocenters. The van der Waals surface area contributed by atoms with Crippen molar-refractivity contribution in [1.29, 1.82) is 0 Å². The number of thiocarbonyl (C=S) groups is 1. The first kappa shape index (κ1) is 25.5. The molecular formula is C28H24BrF3N4S. The van der Waals surface area contributed by atoms with Crippen molar-refractivity contribution < 1.29 is 13.2 Å². The number of anilines is 1. The normalized spacial score (nSPS) is 17.8. The summed E-state index contributed by atoms with van der Waals surface area (Å²) in [5.41, 5.74) is 4.45. The molecule has 1 fully saturated rings. The van der Waals surface area contributed by atoms with E-state index in [-0.39, 0.29) is 17.8 Å². The van der Waals surface area contributed by atoms with Crippen molar-refractivity contribution >= 4 is 38.9 Å². The lowest BCUT2D eigenvalue weighted by atomic mass is 9.96. The first-order chi connectivity index (χ1) is 17.6. The van der Waals surface area contributed by atoms with Gasteiger partial charge in [0.15, 0.2) is 5.11 Å². The number of nitrogens with zero attached hydrogens (tertiary/aromatic N) is 3. The Labute approximate surface area is 227 Å². The summed E-state index contributed by atoms with van der Waals surface area (Å²) in [5.74, 6) is 0. The Hall–Kier alpha value is -3.17. The van der Waals surface area contributed by atoms with E-state index in [1.807, 2.05) is 68.1 Å². The zero-order valence-corrected chi connectivity index (χ0v) is 22.7. The Bertz CT molecular complexity index is 1480. The minimum atomic E-state index is -4.48. The zero-order valence-electron chi connectivity index (χ0n) is 20.3. The Balaban J connectivity index is 1.71. The van der Waals surface area contributed by atoms with Gasteiger partial charge in [-0.05, 0) is 92.6 Å². The third-order valence-electron chi connectivity index (χ3n) is 6.76. The van der Waals surface area contributed by atoms with Crippen molar-refractivity contribution in [3.63, 3.8) is 0 Å². The van der Waals surface area contributed by atoms with Gasteiger partial charge in [0, 0.05) is 27.7 Å². The second kappa shape index (κ2) is 9.61. The van der Waals surface area contributed by atoms with Gasteiger partial charge in [-0.15, -0.1) is 0 Å². The number of para-hydroxylation sites is 1. The van der Waals surface area contributed by atoms with E-state index in [4.69, 9.17) is 12.2 Å². The number of alkyl halides is 3. The highest BCUT2D eigenvalue weighted by Crippen LogP contribution is 2.45. The van der Waals surface area contributed by atoms with Gasteiger partial charge >= 0.3 is 6.18 Å². The number of benzene rings is 2. The van der Waals surface area contributed by atoms with Gasteiger partial charge in [0.05, 0.1) is 29.0 Å². The fraction of sp³-hybridized carbons (Fsp3) is 0.214. The van der Waals surface area contributed by atoms with Gasteiger partial charge in [-0.2, -0.15) is 13.2 Å². The van der Waals surface area contributed by atoms with Crippen LogP contribution in [-0.2, 0) is 6.18 Å². The van der Waals surface area contributed by atoms with E-state index in [1.54, 1.807) is 16.8 Å². The molecule has 0 radical (unpaired) electrons. The highest BCUT2D eigenvalue weighted by atomic mass is 79.9. The largest absolute Gasteiger partial charge is 0.418 e. The van der Waals surface area contributed by atoms with Gasteiger partial charge in [-0.25, -0.2) is 0 Å². The molecule has 190 valence electrons. The molecular weight excluding hydrogens is 561 g/mol. The van der Waals surface area contributed by atoms with E-state index in [0.717, 1.165) is 33.0 Å². The molecule has 1 aliphatic heterocycles. The smallest absolute Gasteiger partial charge is 0.351 e. The lowest BCUT2D eigenvalue weighted by molar-refractivity contribution is -0.137. The molecule has 4 nitrogen and oxygen atoms in total. The van der Waals surface area contributed by atoms with Crippen LogP contribution in [0.1, 0.15) is 45.9 Å². The van der Waals surface area contributed by atoms with Gasteiger partial charge in [0.25, 0.3) is 0 Å². The molecule has 0 saturated carbocycles. The van der Waals surface area contributed by atoms with E-state index in [2.05, 4.69) is 26.2 Å². The van der Waals surface area contributed by atoms with Crippen LogP contribution in [-0.4, -0.2) is 14.7 Å². The summed E-state index contributed by atoms with van der Waals surface area (Å²) in [5, 5.41) is 3.96. The summed E-state index contributed by atoms with van der Waals surface area (Å²) in [7, 11) is 0. The Kier molecular flexibility index (Phi) is 6.62. The molecule has 5 rings (SSSR count). The summed E-state index contributed by atoms with van der Waals surface area (Å²) in [6, 6.07) is 18.7. The molecule has 0 amide bonds. The fourth-order valence-corrected chi connectivity index (χ4v) is 5.69. The summed E-state index contributed by atoms with van der Waals surface area (Å²) in [6.45, 7) is 5.69. The standard InChI is InChI=1S/C28H24BrF3N4S/c1-16-14-19(11-12-22(16)29)36-26(25(34-27(36)37)23-9-6-7-13-33-23)20-15-17(2)35(18(20)3)24-10-5-4-8-21(24)28(30,31)32/h4-15,25-26H,1-3H3,(H,34,37).